The number of rotatable bonds is 4. The highest BCUT2D eigenvalue weighted by Gasteiger charge is 2.34. The molecule has 0 N–H and O–H groups in total. The number of piperidine rings is 1. The van der Waals surface area contributed by atoms with E-state index in [-0.39, 0.29) is 23.7 Å². The molecule has 1 saturated heterocycles. The van der Waals surface area contributed by atoms with Crippen molar-refractivity contribution in [2.45, 2.75) is 32.2 Å². The number of carbonyl (C=O) groups excluding carboxylic acids is 2. The second-order valence-electron chi connectivity index (χ2n) is 8.58. The van der Waals surface area contributed by atoms with Gasteiger partial charge in [-0.25, -0.2) is 0 Å². The Bertz CT molecular complexity index is 997. The van der Waals surface area contributed by atoms with E-state index >= 15 is 0 Å². The van der Waals surface area contributed by atoms with Crippen LogP contribution in [0, 0.1) is 5.92 Å². The minimum Gasteiger partial charge on any atom is -0.486 e. The van der Waals surface area contributed by atoms with E-state index in [1.807, 2.05) is 42.2 Å². The van der Waals surface area contributed by atoms with Crippen LogP contribution < -0.4 is 14.4 Å². The summed E-state index contributed by atoms with van der Waals surface area (Å²) in [7, 11) is 0. The number of nitrogens with zero attached hydrogens (tertiary/aromatic N) is 2. The molecule has 2 aromatic carbocycles. The summed E-state index contributed by atoms with van der Waals surface area (Å²) in [6, 6.07) is 13.4. The summed E-state index contributed by atoms with van der Waals surface area (Å²) in [6.07, 6.45) is 2.45. The minimum atomic E-state index is -0.184. The van der Waals surface area contributed by atoms with Crippen LogP contribution in [0.3, 0.4) is 0 Å². The van der Waals surface area contributed by atoms with Crippen molar-refractivity contribution in [2.24, 2.45) is 5.92 Å². The van der Waals surface area contributed by atoms with Gasteiger partial charge in [0.05, 0.1) is 6.04 Å². The van der Waals surface area contributed by atoms with Crippen LogP contribution in [-0.2, 0) is 11.2 Å². The molecule has 3 heterocycles. The summed E-state index contributed by atoms with van der Waals surface area (Å²) < 4.78 is 11.2. The molecule has 1 atom stereocenters. The first-order valence-electron chi connectivity index (χ1n) is 11.2. The number of ketones is 1. The maximum absolute atomic E-state index is 13.2. The summed E-state index contributed by atoms with van der Waals surface area (Å²) >= 11 is 0. The van der Waals surface area contributed by atoms with Crippen molar-refractivity contribution in [3.05, 3.63) is 53.6 Å². The molecule has 6 heteroatoms. The summed E-state index contributed by atoms with van der Waals surface area (Å²) in [5, 5.41) is 0. The van der Waals surface area contributed by atoms with Gasteiger partial charge in [0.2, 0.25) is 5.91 Å². The molecule has 3 aliphatic rings. The summed E-state index contributed by atoms with van der Waals surface area (Å²) in [4.78, 5) is 30.4. The molecule has 0 spiro atoms. The number of hydrogen-bond donors (Lipinski definition) is 0. The highest BCUT2D eigenvalue weighted by atomic mass is 16.6. The zero-order valence-electron chi connectivity index (χ0n) is 17.9. The van der Waals surface area contributed by atoms with Gasteiger partial charge in [0.1, 0.15) is 13.2 Å². The van der Waals surface area contributed by atoms with Gasteiger partial charge < -0.3 is 14.4 Å². The predicted octanol–water partition coefficient (Wildman–Crippen LogP) is 3.33. The number of anilines is 1. The molecule has 6 nitrogen and oxygen atoms in total. The highest BCUT2D eigenvalue weighted by molar-refractivity contribution is 5.99. The fraction of sp³-hybridized carbons (Fsp3) is 0.440. The number of para-hydroxylation sites is 1. The number of ether oxygens (including phenoxy) is 2. The highest BCUT2D eigenvalue weighted by Crippen LogP contribution is 2.33. The predicted molar refractivity (Wildman–Crippen MR) is 118 cm³/mol. The van der Waals surface area contributed by atoms with Crippen LogP contribution >= 0.6 is 0 Å². The molecule has 1 fully saturated rings. The van der Waals surface area contributed by atoms with E-state index in [4.69, 9.17) is 9.47 Å². The van der Waals surface area contributed by atoms with Crippen molar-refractivity contribution in [3.8, 4) is 11.5 Å². The first-order chi connectivity index (χ1) is 15.1. The van der Waals surface area contributed by atoms with E-state index in [0.717, 1.165) is 44.6 Å². The summed E-state index contributed by atoms with van der Waals surface area (Å²) in [5.41, 5.74) is 2.97. The lowest BCUT2D eigenvalue weighted by Gasteiger charge is -2.36. The Kier molecular flexibility index (Phi) is 5.40. The largest absolute Gasteiger partial charge is 0.486 e. The molecule has 0 saturated carbocycles. The summed E-state index contributed by atoms with van der Waals surface area (Å²) in [6.45, 7) is 5.30. The number of carbonyl (C=O) groups is 2. The van der Waals surface area contributed by atoms with Crippen LogP contribution in [0.25, 0.3) is 0 Å². The zero-order chi connectivity index (χ0) is 21.4. The van der Waals surface area contributed by atoms with Crippen molar-refractivity contribution in [1.82, 2.24) is 4.90 Å². The average molecular weight is 421 g/mol. The van der Waals surface area contributed by atoms with Gasteiger partial charge in [-0.1, -0.05) is 18.2 Å². The van der Waals surface area contributed by atoms with Crippen molar-refractivity contribution >= 4 is 17.4 Å². The Morgan fingerprint density at radius 3 is 2.52 bits per heavy atom. The van der Waals surface area contributed by atoms with Gasteiger partial charge >= 0.3 is 0 Å². The molecule has 162 valence electrons. The monoisotopic (exact) mass is 420 g/mol. The standard InChI is InChI=1S/C25H28N2O4/c1-17(25(29)27-13-10-18-4-2-3-5-21(18)27)26-11-8-19(9-12-26)24(28)20-6-7-22-23(16-20)31-15-14-30-22/h2-7,16-17,19H,8-15H2,1H3. The van der Waals surface area contributed by atoms with Crippen molar-refractivity contribution in [3.63, 3.8) is 0 Å². The molecule has 1 amide bonds. The Balaban J connectivity index is 1.20. The number of benzene rings is 2. The third-order valence-corrected chi connectivity index (χ3v) is 6.79. The topological polar surface area (TPSA) is 59.1 Å². The molecule has 0 bridgehead atoms. The molecule has 3 aliphatic heterocycles. The molecule has 0 aromatic heterocycles. The van der Waals surface area contributed by atoms with E-state index in [9.17, 15) is 9.59 Å². The lowest BCUT2D eigenvalue weighted by molar-refractivity contribution is -0.123. The van der Waals surface area contributed by atoms with Crippen molar-refractivity contribution in [2.75, 3.05) is 37.7 Å². The average Bonchev–Trinajstić information content (AvgIpc) is 3.26. The first-order valence-corrected chi connectivity index (χ1v) is 11.2. The fourth-order valence-corrected chi connectivity index (χ4v) is 4.93. The van der Waals surface area contributed by atoms with E-state index in [2.05, 4.69) is 11.0 Å². The molecule has 31 heavy (non-hydrogen) atoms. The van der Waals surface area contributed by atoms with Crippen LogP contribution in [0.4, 0.5) is 5.69 Å². The van der Waals surface area contributed by atoms with Crippen molar-refractivity contribution in [1.29, 1.82) is 0 Å². The minimum absolute atomic E-state index is 0.0198. The molecule has 1 unspecified atom stereocenters. The smallest absolute Gasteiger partial charge is 0.244 e. The van der Waals surface area contributed by atoms with Crippen LogP contribution in [-0.4, -0.2) is 55.5 Å². The Morgan fingerprint density at radius 2 is 1.71 bits per heavy atom. The quantitative estimate of drug-likeness (QED) is 0.710. The first kappa shape index (κ1) is 20.1. The molecule has 0 radical (unpaired) electrons. The molecular formula is C25H28N2O4. The lowest BCUT2D eigenvalue weighted by Crippen LogP contribution is -2.50. The van der Waals surface area contributed by atoms with Gasteiger partial charge in [0.25, 0.3) is 0 Å². The zero-order valence-corrected chi connectivity index (χ0v) is 17.9. The van der Waals surface area contributed by atoms with Gasteiger partial charge in [0.15, 0.2) is 17.3 Å². The van der Waals surface area contributed by atoms with E-state index in [1.54, 1.807) is 6.07 Å². The van der Waals surface area contributed by atoms with Gasteiger partial charge in [-0.2, -0.15) is 0 Å². The maximum atomic E-state index is 13.2. The van der Waals surface area contributed by atoms with E-state index in [1.165, 1.54) is 5.56 Å². The van der Waals surface area contributed by atoms with Gasteiger partial charge in [-0.3, -0.25) is 14.5 Å². The molecule has 2 aromatic rings. The van der Waals surface area contributed by atoms with Crippen LogP contribution in [0.2, 0.25) is 0 Å². The molecule has 0 aliphatic carbocycles. The maximum Gasteiger partial charge on any atom is 0.244 e. The number of fused-ring (bicyclic) bond motifs is 2. The van der Waals surface area contributed by atoms with Gasteiger partial charge in [-0.15, -0.1) is 0 Å². The lowest BCUT2D eigenvalue weighted by atomic mass is 9.88. The Morgan fingerprint density at radius 1 is 0.968 bits per heavy atom. The van der Waals surface area contributed by atoms with Gasteiger partial charge in [-0.05, 0) is 69.1 Å². The fourth-order valence-electron chi connectivity index (χ4n) is 4.93. The summed E-state index contributed by atoms with van der Waals surface area (Å²) in [5.74, 6) is 1.65. The SMILES string of the molecule is CC(C(=O)N1CCc2ccccc21)N1CCC(C(=O)c2ccc3c(c2)OCCO3)CC1. The Hall–Kier alpha value is -2.86. The molecular weight excluding hydrogens is 392 g/mol. The number of amides is 1. The number of hydrogen-bond acceptors (Lipinski definition) is 5. The van der Waals surface area contributed by atoms with Crippen LogP contribution in [0.15, 0.2) is 42.5 Å². The van der Waals surface area contributed by atoms with Crippen molar-refractivity contribution < 1.29 is 19.1 Å². The normalized spacial score (nSPS) is 19.7. The third kappa shape index (κ3) is 3.81. The van der Waals surface area contributed by atoms with Gasteiger partial charge in [0, 0.05) is 23.7 Å². The second-order valence-corrected chi connectivity index (χ2v) is 8.58. The van der Waals surface area contributed by atoms with E-state index < -0.39 is 0 Å². The van der Waals surface area contributed by atoms with Crippen LogP contribution in [0.5, 0.6) is 11.5 Å². The van der Waals surface area contributed by atoms with E-state index in [0.29, 0.717) is 30.3 Å². The Labute approximate surface area is 182 Å². The molecule has 5 rings (SSSR count). The number of Topliss-reactive ketones (excluding diaryl/α,β-unsaturated/α-hetero) is 1. The number of likely N-dealkylation sites (tertiary alicyclic amines) is 1. The van der Waals surface area contributed by atoms with Crippen LogP contribution in [0.1, 0.15) is 35.7 Å². The third-order valence-electron chi connectivity index (χ3n) is 6.79. The second kappa shape index (κ2) is 8.35.